The van der Waals surface area contributed by atoms with E-state index in [9.17, 15) is 19.7 Å². The molecule has 0 aliphatic carbocycles. The minimum atomic E-state index is -0.611. The van der Waals surface area contributed by atoms with Crippen molar-refractivity contribution in [1.82, 2.24) is 0 Å². The molecule has 0 atom stereocenters. The molecule has 2 aromatic rings. The highest BCUT2D eigenvalue weighted by Gasteiger charge is 2.14. The zero-order valence-corrected chi connectivity index (χ0v) is 14.1. The summed E-state index contributed by atoms with van der Waals surface area (Å²) in [6.45, 7) is 3.87. The first-order chi connectivity index (χ1) is 12.3. The molecule has 0 amide bonds. The maximum atomic E-state index is 11.8. The molecule has 0 radical (unpaired) electrons. The summed E-state index contributed by atoms with van der Waals surface area (Å²) in [5.74, 6) is -1.22. The number of rotatable bonds is 6. The highest BCUT2D eigenvalue weighted by atomic mass is 16.6. The molecule has 2 rings (SSSR count). The number of nitrogens with one attached hydrogen (secondary N) is 1. The Morgan fingerprint density at radius 2 is 1.46 bits per heavy atom. The second-order valence-electron chi connectivity index (χ2n) is 5.19. The zero-order chi connectivity index (χ0) is 19.3. The summed E-state index contributed by atoms with van der Waals surface area (Å²) in [6.07, 6.45) is 0. The number of ether oxygens (including phenoxy) is 2. The molecule has 0 heterocycles. The number of anilines is 1. The van der Waals surface area contributed by atoms with Crippen molar-refractivity contribution in [3.8, 4) is 0 Å². The third-order valence-electron chi connectivity index (χ3n) is 3.50. The maximum Gasteiger partial charge on any atom is 0.337 e. The first-order valence-corrected chi connectivity index (χ1v) is 7.38. The first kappa shape index (κ1) is 18.7. The van der Waals surface area contributed by atoms with Crippen molar-refractivity contribution in [2.45, 2.75) is 0 Å². The van der Waals surface area contributed by atoms with Crippen LogP contribution in [0.25, 0.3) is 5.70 Å². The Morgan fingerprint density at radius 1 is 0.962 bits per heavy atom. The molecule has 0 saturated heterocycles. The molecule has 26 heavy (non-hydrogen) atoms. The number of benzene rings is 2. The molecule has 0 aliphatic rings. The van der Waals surface area contributed by atoms with Gasteiger partial charge in [-0.2, -0.15) is 0 Å². The monoisotopic (exact) mass is 356 g/mol. The van der Waals surface area contributed by atoms with E-state index in [0.717, 1.165) is 0 Å². The van der Waals surface area contributed by atoms with E-state index >= 15 is 0 Å². The van der Waals surface area contributed by atoms with Crippen molar-refractivity contribution >= 4 is 29.0 Å². The van der Waals surface area contributed by atoms with E-state index in [4.69, 9.17) is 0 Å². The fourth-order valence-electron chi connectivity index (χ4n) is 2.20. The van der Waals surface area contributed by atoms with Crippen molar-refractivity contribution < 1.29 is 24.0 Å². The average Bonchev–Trinajstić information content (AvgIpc) is 2.66. The van der Waals surface area contributed by atoms with Crippen molar-refractivity contribution in [2.24, 2.45) is 0 Å². The van der Waals surface area contributed by atoms with Crippen LogP contribution in [0.2, 0.25) is 0 Å². The summed E-state index contributed by atoms with van der Waals surface area (Å²) in [6, 6.07) is 10.1. The molecule has 2 aromatic carbocycles. The minimum absolute atomic E-state index is 0.0396. The van der Waals surface area contributed by atoms with Gasteiger partial charge in [0.1, 0.15) is 0 Å². The van der Waals surface area contributed by atoms with Gasteiger partial charge in [-0.15, -0.1) is 0 Å². The van der Waals surface area contributed by atoms with Gasteiger partial charge in [-0.05, 0) is 35.9 Å². The number of hydrogen-bond donors (Lipinski definition) is 1. The van der Waals surface area contributed by atoms with Crippen LogP contribution in [0.1, 0.15) is 26.3 Å². The normalized spacial score (nSPS) is 9.92. The number of carbonyl (C=O) groups excluding carboxylic acids is 2. The summed E-state index contributed by atoms with van der Waals surface area (Å²) in [5, 5.41) is 13.7. The summed E-state index contributed by atoms with van der Waals surface area (Å²) in [5.41, 5.74) is 1.74. The van der Waals surface area contributed by atoms with E-state index in [1.807, 2.05) is 0 Å². The van der Waals surface area contributed by atoms with E-state index in [2.05, 4.69) is 21.4 Å². The molecule has 134 valence electrons. The largest absolute Gasteiger partial charge is 0.465 e. The highest BCUT2D eigenvalue weighted by Crippen LogP contribution is 2.23. The van der Waals surface area contributed by atoms with Gasteiger partial charge < -0.3 is 14.8 Å². The smallest absolute Gasteiger partial charge is 0.337 e. The fraction of sp³-hybridized carbons (Fsp3) is 0.111. The third kappa shape index (κ3) is 4.23. The number of nitro benzene ring substituents is 1. The van der Waals surface area contributed by atoms with E-state index in [-0.39, 0.29) is 16.8 Å². The van der Waals surface area contributed by atoms with E-state index < -0.39 is 16.9 Å². The molecule has 0 aromatic heterocycles. The van der Waals surface area contributed by atoms with E-state index in [1.54, 1.807) is 12.1 Å². The number of nitro groups is 1. The van der Waals surface area contributed by atoms with Crippen LogP contribution in [-0.2, 0) is 9.47 Å². The number of hydrogen-bond acceptors (Lipinski definition) is 7. The van der Waals surface area contributed by atoms with Crippen molar-refractivity contribution in [1.29, 1.82) is 0 Å². The van der Waals surface area contributed by atoms with Crippen LogP contribution in [-0.4, -0.2) is 31.1 Å². The van der Waals surface area contributed by atoms with Crippen LogP contribution in [0.5, 0.6) is 0 Å². The number of methoxy groups -OCH3 is 2. The van der Waals surface area contributed by atoms with Crippen molar-refractivity contribution in [2.75, 3.05) is 19.5 Å². The zero-order valence-electron chi connectivity index (χ0n) is 14.1. The van der Waals surface area contributed by atoms with E-state index in [1.165, 1.54) is 44.6 Å². The number of nitrogens with zero attached hydrogens (tertiary/aromatic N) is 1. The molecular formula is C18H16N2O6. The van der Waals surface area contributed by atoms with Crippen LogP contribution in [0.15, 0.2) is 49.0 Å². The summed E-state index contributed by atoms with van der Waals surface area (Å²) in [7, 11) is 2.46. The quantitative estimate of drug-likeness (QED) is 0.481. The Balaban J connectivity index is 2.31. The van der Waals surface area contributed by atoms with Crippen LogP contribution < -0.4 is 5.32 Å². The lowest BCUT2D eigenvalue weighted by Crippen LogP contribution is -2.08. The van der Waals surface area contributed by atoms with Crippen LogP contribution in [0, 0.1) is 10.1 Å². The van der Waals surface area contributed by atoms with E-state index in [0.29, 0.717) is 16.9 Å². The summed E-state index contributed by atoms with van der Waals surface area (Å²) in [4.78, 5) is 33.8. The van der Waals surface area contributed by atoms with Gasteiger partial charge >= 0.3 is 11.9 Å². The first-order valence-electron chi connectivity index (χ1n) is 7.38. The minimum Gasteiger partial charge on any atom is -0.465 e. The molecule has 0 unspecified atom stereocenters. The highest BCUT2D eigenvalue weighted by molar-refractivity contribution is 5.97. The van der Waals surface area contributed by atoms with Gasteiger partial charge in [0, 0.05) is 23.5 Å². The molecule has 0 aliphatic heterocycles. The second kappa shape index (κ2) is 7.93. The summed E-state index contributed by atoms with van der Waals surface area (Å²) < 4.78 is 9.36. The molecule has 0 saturated carbocycles. The lowest BCUT2D eigenvalue weighted by molar-refractivity contribution is -0.384. The molecule has 0 spiro atoms. The van der Waals surface area contributed by atoms with Gasteiger partial charge in [0.15, 0.2) is 0 Å². The van der Waals surface area contributed by atoms with Gasteiger partial charge in [-0.3, -0.25) is 10.1 Å². The van der Waals surface area contributed by atoms with Gasteiger partial charge in [0.2, 0.25) is 0 Å². The SMILES string of the molecule is C=C(Nc1cc(C(=O)OC)cc(C(=O)OC)c1)c1ccc([N+](=O)[O-])cc1. The Morgan fingerprint density at radius 3 is 1.88 bits per heavy atom. The number of carbonyl (C=O) groups is 2. The average molecular weight is 356 g/mol. The lowest BCUT2D eigenvalue weighted by Gasteiger charge is -2.12. The molecule has 0 fully saturated rings. The predicted octanol–water partition coefficient (Wildman–Crippen LogP) is 3.25. The predicted molar refractivity (Wildman–Crippen MR) is 94.9 cm³/mol. The summed E-state index contributed by atoms with van der Waals surface area (Å²) >= 11 is 0. The third-order valence-corrected chi connectivity index (χ3v) is 3.50. The molecular weight excluding hydrogens is 340 g/mol. The topological polar surface area (TPSA) is 108 Å². The van der Waals surface area contributed by atoms with Gasteiger partial charge in [-0.1, -0.05) is 6.58 Å². The lowest BCUT2D eigenvalue weighted by atomic mass is 10.1. The standard InChI is InChI=1S/C18H16N2O6/c1-11(12-4-6-16(7-5-12)20(23)24)19-15-9-13(17(21)25-2)8-14(10-15)18(22)26-3/h4-10,19H,1H2,2-3H3. The van der Waals surface area contributed by atoms with Crippen molar-refractivity contribution in [3.05, 3.63) is 75.8 Å². The van der Waals surface area contributed by atoms with Gasteiger partial charge in [-0.25, -0.2) is 9.59 Å². The molecule has 8 nitrogen and oxygen atoms in total. The van der Waals surface area contributed by atoms with Gasteiger partial charge in [0.05, 0.1) is 30.3 Å². The molecule has 0 bridgehead atoms. The van der Waals surface area contributed by atoms with Crippen LogP contribution in [0.4, 0.5) is 11.4 Å². The van der Waals surface area contributed by atoms with Gasteiger partial charge in [0.25, 0.3) is 5.69 Å². The molecule has 1 N–H and O–H groups in total. The Labute approximate surface area is 149 Å². The second-order valence-corrected chi connectivity index (χ2v) is 5.19. The maximum absolute atomic E-state index is 11.8. The Hall–Kier alpha value is -3.68. The Bertz CT molecular complexity index is 840. The van der Waals surface area contributed by atoms with Crippen LogP contribution in [0.3, 0.4) is 0 Å². The number of esters is 2. The molecule has 8 heteroatoms. The Kier molecular flexibility index (Phi) is 5.69. The van der Waals surface area contributed by atoms with Crippen LogP contribution >= 0.6 is 0 Å². The fourth-order valence-corrected chi connectivity index (χ4v) is 2.20. The van der Waals surface area contributed by atoms with Crippen molar-refractivity contribution in [3.63, 3.8) is 0 Å². The number of non-ortho nitro benzene ring substituents is 1.